The minimum absolute atomic E-state index is 0.214. The number of benzene rings is 6. The standard InChI is InChI=1S/C45H40/c1-5-29-27-33-19-13-25-39(43(33)41(29)37-23-11-17-31-15-7-9-21-35(31)37)45(3,4)40-26-14-20-34-28-30(6-2)42(44(34)40)38-24-12-18-32-16-8-10-22-36(32)38/h7-26H,5-6,27-28H2,1-4H3. The van der Waals surface area contributed by atoms with Crippen molar-refractivity contribution in [3.05, 3.63) is 177 Å². The molecule has 0 aromatic heterocycles. The van der Waals surface area contributed by atoms with Gasteiger partial charge >= 0.3 is 0 Å². The first-order valence-corrected chi connectivity index (χ1v) is 16.7. The van der Waals surface area contributed by atoms with Gasteiger partial charge in [-0.2, -0.15) is 0 Å². The van der Waals surface area contributed by atoms with Crippen LogP contribution in [0, 0.1) is 0 Å². The van der Waals surface area contributed by atoms with Crippen LogP contribution in [0.1, 0.15) is 85.0 Å². The molecule has 6 aromatic rings. The summed E-state index contributed by atoms with van der Waals surface area (Å²) in [5, 5.41) is 5.30. The van der Waals surface area contributed by atoms with Gasteiger partial charge in [0, 0.05) is 5.41 Å². The van der Waals surface area contributed by atoms with Crippen LogP contribution in [-0.4, -0.2) is 0 Å². The Hall–Kier alpha value is -4.68. The SMILES string of the molecule is CCC1=C(c2cccc3ccccc23)c2c(cccc2C(C)(C)c2cccc3c2C(c2cccc4ccccc24)=C(CC)C3)C1. The Balaban J connectivity index is 1.36. The molecule has 2 aliphatic rings. The lowest BCUT2D eigenvalue weighted by atomic mass is 9.71. The zero-order chi connectivity index (χ0) is 30.7. The Morgan fingerprint density at radius 2 is 0.867 bits per heavy atom. The molecule has 0 nitrogen and oxygen atoms in total. The molecular formula is C45H40. The third kappa shape index (κ3) is 4.26. The van der Waals surface area contributed by atoms with Crippen molar-refractivity contribution in [1.82, 2.24) is 0 Å². The minimum atomic E-state index is -0.214. The first-order chi connectivity index (χ1) is 22.0. The van der Waals surface area contributed by atoms with E-state index in [1.165, 1.54) is 77.2 Å². The molecule has 0 saturated carbocycles. The Morgan fingerprint density at radius 1 is 0.467 bits per heavy atom. The lowest BCUT2D eigenvalue weighted by Crippen LogP contribution is -2.23. The predicted octanol–water partition coefficient (Wildman–Crippen LogP) is 11.9. The second-order valence-electron chi connectivity index (χ2n) is 13.4. The van der Waals surface area contributed by atoms with E-state index in [-0.39, 0.29) is 5.41 Å². The van der Waals surface area contributed by atoms with Crippen molar-refractivity contribution in [2.75, 3.05) is 0 Å². The normalized spacial score (nSPS) is 14.5. The summed E-state index contributed by atoms with van der Waals surface area (Å²) in [4.78, 5) is 0. The molecule has 0 spiro atoms. The van der Waals surface area contributed by atoms with Gasteiger partial charge in [0.2, 0.25) is 0 Å². The number of allylic oxidation sites excluding steroid dienone is 2. The summed E-state index contributed by atoms with van der Waals surface area (Å²) in [6.45, 7) is 9.59. The van der Waals surface area contributed by atoms with E-state index in [2.05, 4.69) is 149 Å². The van der Waals surface area contributed by atoms with Crippen LogP contribution in [0.25, 0.3) is 32.7 Å². The van der Waals surface area contributed by atoms with Gasteiger partial charge in [-0.25, -0.2) is 0 Å². The zero-order valence-corrected chi connectivity index (χ0v) is 26.9. The van der Waals surface area contributed by atoms with Crippen LogP contribution >= 0.6 is 0 Å². The van der Waals surface area contributed by atoms with Gasteiger partial charge in [-0.15, -0.1) is 0 Å². The number of hydrogen-bond acceptors (Lipinski definition) is 0. The van der Waals surface area contributed by atoms with Crippen molar-refractivity contribution in [3.8, 4) is 0 Å². The molecule has 6 aromatic carbocycles. The predicted molar refractivity (Wildman–Crippen MR) is 193 cm³/mol. The maximum absolute atomic E-state index is 2.47. The van der Waals surface area contributed by atoms with Gasteiger partial charge in [0.05, 0.1) is 0 Å². The van der Waals surface area contributed by atoms with Crippen molar-refractivity contribution in [3.63, 3.8) is 0 Å². The molecule has 45 heavy (non-hydrogen) atoms. The van der Waals surface area contributed by atoms with E-state index in [4.69, 9.17) is 0 Å². The van der Waals surface area contributed by atoms with Crippen molar-refractivity contribution < 1.29 is 0 Å². The lowest BCUT2D eigenvalue weighted by Gasteiger charge is -2.32. The molecule has 0 atom stereocenters. The maximum atomic E-state index is 2.47. The molecule has 0 fully saturated rings. The first kappa shape index (κ1) is 27.8. The van der Waals surface area contributed by atoms with Crippen molar-refractivity contribution in [1.29, 1.82) is 0 Å². The van der Waals surface area contributed by atoms with Crippen LogP contribution in [0.5, 0.6) is 0 Å². The second-order valence-corrected chi connectivity index (χ2v) is 13.4. The quantitative estimate of drug-likeness (QED) is 0.184. The third-order valence-electron chi connectivity index (χ3n) is 10.6. The molecule has 0 heteroatoms. The zero-order valence-electron chi connectivity index (χ0n) is 26.9. The molecule has 0 N–H and O–H groups in total. The molecule has 8 rings (SSSR count). The lowest BCUT2D eigenvalue weighted by molar-refractivity contribution is 0.636. The largest absolute Gasteiger partial charge is 0.0616 e. The van der Waals surface area contributed by atoms with E-state index >= 15 is 0 Å². The van der Waals surface area contributed by atoms with Gasteiger partial charge in [0.1, 0.15) is 0 Å². The minimum Gasteiger partial charge on any atom is -0.0616 e. The van der Waals surface area contributed by atoms with E-state index in [1.807, 2.05) is 0 Å². The van der Waals surface area contributed by atoms with Crippen LogP contribution in [0.2, 0.25) is 0 Å². The monoisotopic (exact) mass is 580 g/mol. The van der Waals surface area contributed by atoms with E-state index in [0.717, 1.165) is 25.7 Å². The van der Waals surface area contributed by atoms with Gasteiger partial charge < -0.3 is 0 Å². The smallest absolute Gasteiger partial charge is 0.0159 e. The third-order valence-corrected chi connectivity index (χ3v) is 10.6. The Labute approximate surface area is 267 Å². The van der Waals surface area contributed by atoms with Gasteiger partial charge in [0.15, 0.2) is 0 Å². The number of rotatable bonds is 6. The Kier molecular flexibility index (Phi) is 6.64. The number of hydrogen-bond donors (Lipinski definition) is 0. The van der Waals surface area contributed by atoms with Crippen molar-refractivity contribution in [2.24, 2.45) is 0 Å². The fraction of sp³-hybridized carbons (Fsp3) is 0.200. The summed E-state index contributed by atoms with van der Waals surface area (Å²) in [6.07, 6.45) is 4.17. The molecule has 0 bridgehead atoms. The summed E-state index contributed by atoms with van der Waals surface area (Å²) < 4.78 is 0. The van der Waals surface area contributed by atoms with E-state index < -0.39 is 0 Å². The van der Waals surface area contributed by atoms with Crippen LogP contribution in [0.4, 0.5) is 0 Å². The van der Waals surface area contributed by atoms with E-state index in [0.29, 0.717) is 0 Å². The van der Waals surface area contributed by atoms with Crippen LogP contribution in [0.3, 0.4) is 0 Å². The second kappa shape index (κ2) is 10.7. The highest BCUT2D eigenvalue weighted by Gasteiger charge is 2.37. The molecule has 220 valence electrons. The van der Waals surface area contributed by atoms with Crippen molar-refractivity contribution in [2.45, 2.75) is 58.8 Å². The van der Waals surface area contributed by atoms with Crippen LogP contribution in [-0.2, 0) is 18.3 Å². The Bertz CT molecular complexity index is 2030. The highest BCUT2D eigenvalue weighted by Crippen LogP contribution is 2.51. The molecule has 0 unspecified atom stereocenters. The summed E-state index contributed by atoms with van der Waals surface area (Å²) in [5.41, 5.74) is 17.2. The summed E-state index contributed by atoms with van der Waals surface area (Å²) in [6, 6.07) is 45.6. The van der Waals surface area contributed by atoms with Gasteiger partial charge in [-0.3, -0.25) is 0 Å². The topological polar surface area (TPSA) is 0 Å². The molecule has 2 aliphatic carbocycles. The summed E-state index contributed by atoms with van der Waals surface area (Å²) in [5.74, 6) is 0. The molecule has 0 heterocycles. The van der Waals surface area contributed by atoms with Gasteiger partial charge in [0.25, 0.3) is 0 Å². The number of fused-ring (bicyclic) bond motifs is 4. The fourth-order valence-corrected chi connectivity index (χ4v) is 8.40. The first-order valence-electron chi connectivity index (χ1n) is 16.7. The summed E-state index contributed by atoms with van der Waals surface area (Å²) >= 11 is 0. The van der Waals surface area contributed by atoms with Crippen LogP contribution < -0.4 is 0 Å². The van der Waals surface area contributed by atoms with Crippen LogP contribution in [0.15, 0.2) is 132 Å². The summed E-state index contributed by atoms with van der Waals surface area (Å²) in [7, 11) is 0. The van der Waals surface area contributed by atoms with Crippen molar-refractivity contribution >= 4 is 32.7 Å². The molecular weight excluding hydrogens is 540 g/mol. The average molecular weight is 581 g/mol. The molecule has 0 amide bonds. The average Bonchev–Trinajstić information content (AvgIpc) is 3.66. The van der Waals surface area contributed by atoms with Gasteiger partial charge in [-0.1, -0.05) is 160 Å². The molecule has 0 radical (unpaired) electrons. The molecule has 0 aliphatic heterocycles. The Morgan fingerprint density at radius 3 is 1.31 bits per heavy atom. The maximum Gasteiger partial charge on any atom is 0.0159 e. The molecule has 0 saturated heterocycles. The van der Waals surface area contributed by atoms with Gasteiger partial charge in [-0.05, 0) is 103 Å². The van der Waals surface area contributed by atoms with E-state index in [1.54, 1.807) is 11.1 Å². The highest BCUT2D eigenvalue weighted by molar-refractivity contribution is 6.03. The fourth-order valence-electron chi connectivity index (χ4n) is 8.40. The highest BCUT2D eigenvalue weighted by atomic mass is 14.4. The van der Waals surface area contributed by atoms with E-state index in [9.17, 15) is 0 Å².